The van der Waals surface area contributed by atoms with Crippen molar-refractivity contribution in [3.8, 4) is 0 Å². The van der Waals surface area contributed by atoms with E-state index in [1.165, 1.54) is 6.92 Å². The Bertz CT molecular complexity index is 854. The number of ether oxygens (including phenoxy) is 1. The number of rotatable bonds is 7. The summed E-state index contributed by atoms with van der Waals surface area (Å²) in [5, 5.41) is 2.76. The molecule has 7 heteroatoms. The van der Waals surface area contributed by atoms with Crippen LogP contribution in [-0.2, 0) is 20.7 Å². The Balaban J connectivity index is 1.52. The summed E-state index contributed by atoms with van der Waals surface area (Å²) >= 11 is 0. The van der Waals surface area contributed by atoms with E-state index in [2.05, 4.69) is 10.3 Å². The molecule has 0 spiro atoms. The van der Waals surface area contributed by atoms with Gasteiger partial charge in [0.05, 0.1) is 5.56 Å². The molecule has 1 saturated heterocycles. The highest BCUT2D eigenvalue weighted by atomic mass is 16.5. The predicted molar refractivity (Wildman–Crippen MR) is 104 cm³/mol. The van der Waals surface area contributed by atoms with Crippen molar-refractivity contribution in [1.29, 1.82) is 0 Å². The van der Waals surface area contributed by atoms with Crippen molar-refractivity contribution < 1.29 is 19.1 Å². The number of aromatic nitrogens is 1. The van der Waals surface area contributed by atoms with Gasteiger partial charge in [0.1, 0.15) is 0 Å². The molecule has 1 N–H and O–H groups in total. The van der Waals surface area contributed by atoms with Crippen LogP contribution in [0.3, 0.4) is 0 Å². The predicted octanol–water partition coefficient (Wildman–Crippen LogP) is 2.11. The minimum atomic E-state index is -0.915. The molecule has 1 aliphatic heterocycles. The van der Waals surface area contributed by atoms with Crippen molar-refractivity contribution >= 4 is 23.5 Å². The third-order valence-electron chi connectivity index (χ3n) is 4.58. The molecule has 2 aromatic rings. The molecule has 0 unspecified atom stereocenters. The van der Waals surface area contributed by atoms with Crippen LogP contribution in [0, 0.1) is 0 Å². The maximum absolute atomic E-state index is 12.4. The summed E-state index contributed by atoms with van der Waals surface area (Å²) < 4.78 is 5.28. The second-order valence-corrected chi connectivity index (χ2v) is 6.64. The maximum Gasteiger partial charge on any atom is 0.338 e. The van der Waals surface area contributed by atoms with Crippen molar-refractivity contribution in [3.05, 3.63) is 59.9 Å². The van der Waals surface area contributed by atoms with Crippen molar-refractivity contribution in [2.75, 3.05) is 18.0 Å². The first-order valence-electron chi connectivity index (χ1n) is 9.32. The first kappa shape index (κ1) is 19.5. The van der Waals surface area contributed by atoms with Gasteiger partial charge in [0, 0.05) is 37.6 Å². The van der Waals surface area contributed by atoms with Gasteiger partial charge in [-0.25, -0.2) is 4.79 Å². The lowest BCUT2D eigenvalue weighted by Gasteiger charge is -2.17. The Morgan fingerprint density at radius 2 is 2.04 bits per heavy atom. The number of carbonyl (C=O) groups is 3. The molecule has 3 rings (SSSR count). The van der Waals surface area contributed by atoms with Crippen LogP contribution in [0.15, 0.2) is 48.8 Å². The van der Waals surface area contributed by atoms with Crippen molar-refractivity contribution in [2.45, 2.75) is 32.3 Å². The van der Waals surface area contributed by atoms with E-state index in [1.807, 2.05) is 12.1 Å². The highest BCUT2D eigenvalue weighted by molar-refractivity contribution is 5.98. The molecule has 0 aliphatic carbocycles. The van der Waals surface area contributed by atoms with Gasteiger partial charge >= 0.3 is 5.97 Å². The SMILES string of the molecule is C[C@@H](OC(=O)c1cccc(N2CCCC2=O)c1)C(=O)NCCc1ccncc1. The molecule has 28 heavy (non-hydrogen) atoms. The Morgan fingerprint density at radius 3 is 2.75 bits per heavy atom. The van der Waals surface area contributed by atoms with Crippen molar-refractivity contribution in [2.24, 2.45) is 0 Å². The minimum Gasteiger partial charge on any atom is -0.449 e. The Labute approximate surface area is 163 Å². The molecule has 1 atom stereocenters. The van der Waals surface area contributed by atoms with E-state index in [4.69, 9.17) is 4.74 Å². The average Bonchev–Trinajstić information content (AvgIpc) is 3.14. The molecule has 1 aromatic heterocycles. The lowest BCUT2D eigenvalue weighted by Crippen LogP contribution is -2.37. The third kappa shape index (κ3) is 4.94. The van der Waals surface area contributed by atoms with E-state index in [-0.39, 0.29) is 11.8 Å². The van der Waals surface area contributed by atoms with E-state index < -0.39 is 12.1 Å². The fourth-order valence-electron chi connectivity index (χ4n) is 3.03. The number of nitrogens with one attached hydrogen (secondary N) is 1. The number of benzene rings is 1. The highest BCUT2D eigenvalue weighted by Gasteiger charge is 2.23. The maximum atomic E-state index is 12.4. The minimum absolute atomic E-state index is 0.0486. The number of hydrogen-bond donors (Lipinski definition) is 1. The molecule has 0 radical (unpaired) electrons. The largest absolute Gasteiger partial charge is 0.449 e. The molecular weight excluding hydrogens is 358 g/mol. The molecule has 1 aliphatic rings. The summed E-state index contributed by atoms with van der Waals surface area (Å²) in [6, 6.07) is 10.5. The first-order valence-corrected chi connectivity index (χ1v) is 9.32. The van der Waals surface area contributed by atoms with Gasteiger partial charge in [0.25, 0.3) is 5.91 Å². The normalized spacial score (nSPS) is 14.6. The molecular formula is C21H23N3O4. The quantitative estimate of drug-likeness (QED) is 0.742. The fraction of sp³-hybridized carbons (Fsp3) is 0.333. The van der Waals surface area contributed by atoms with E-state index in [1.54, 1.807) is 41.6 Å². The number of esters is 1. The van der Waals surface area contributed by atoms with Gasteiger partial charge in [-0.05, 0) is 55.7 Å². The Morgan fingerprint density at radius 1 is 1.25 bits per heavy atom. The number of hydrogen-bond acceptors (Lipinski definition) is 5. The lowest BCUT2D eigenvalue weighted by molar-refractivity contribution is -0.129. The average molecular weight is 381 g/mol. The van der Waals surface area contributed by atoms with E-state index in [0.717, 1.165) is 12.0 Å². The van der Waals surface area contributed by atoms with E-state index in [0.29, 0.717) is 37.2 Å². The smallest absolute Gasteiger partial charge is 0.338 e. The second kappa shape index (κ2) is 9.12. The number of anilines is 1. The number of carbonyl (C=O) groups excluding carboxylic acids is 3. The monoisotopic (exact) mass is 381 g/mol. The summed E-state index contributed by atoms with van der Waals surface area (Å²) in [4.78, 5) is 42.0. The first-order chi connectivity index (χ1) is 13.5. The molecule has 0 saturated carbocycles. The van der Waals surface area contributed by atoms with Crippen LogP contribution in [0.4, 0.5) is 5.69 Å². The second-order valence-electron chi connectivity index (χ2n) is 6.64. The molecule has 1 aromatic carbocycles. The van der Waals surface area contributed by atoms with Gasteiger partial charge in [-0.2, -0.15) is 0 Å². The van der Waals surface area contributed by atoms with Gasteiger partial charge in [-0.1, -0.05) is 6.07 Å². The van der Waals surface area contributed by atoms with Gasteiger partial charge in [0.2, 0.25) is 5.91 Å². The Kier molecular flexibility index (Phi) is 6.37. The number of nitrogens with zero attached hydrogens (tertiary/aromatic N) is 2. The van der Waals surface area contributed by atoms with Crippen LogP contribution in [-0.4, -0.2) is 42.0 Å². The van der Waals surface area contributed by atoms with Crippen LogP contribution < -0.4 is 10.2 Å². The zero-order valence-electron chi connectivity index (χ0n) is 15.8. The van der Waals surface area contributed by atoms with Gasteiger partial charge in [0.15, 0.2) is 6.10 Å². The summed E-state index contributed by atoms with van der Waals surface area (Å²) in [6.45, 7) is 2.62. The van der Waals surface area contributed by atoms with Crippen LogP contribution in [0.5, 0.6) is 0 Å². The molecule has 146 valence electrons. The zero-order valence-corrected chi connectivity index (χ0v) is 15.8. The highest BCUT2D eigenvalue weighted by Crippen LogP contribution is 2.22. The van der Waals surface area contributed by atoms with Crippen molar-refractivity contribution in [1.82, 2.24) is 10.3 Å². The molecule has 1 fully saturated rings. The van der Waals surface area contributed by atoms with Gasteiger partial charge < -0.3 is 15.0 Å². The van der Waals surface area contributed by atoms with Crippen LogP contribution >= 0.6 is 0 Å². The lowest BCUT2D eigenvalue weighted by atomic mass is 10.2. The Hall–Kier alpha value is -3.22. The van der Waals surface area contributed by atoms with E-state index >= 15 is 0 Å². The van der Waals surface area contributed by atoms with Crippen LogP contribution in [0.1, 0.15) is 35.7 Å². The third-order valence-corrected chi connectivity index (χ3v) is 4.58. The summed E-state index contributed by atoms with van der Waals surface area (Å²) in [5.41, 5.74) is 2.05. The summed E-state index contributed by atoms with van der Waals surface area (Å²) in [5.74, 6) is -0.897. The van der Waals surface area contributed by atoms with Gasteiger partial charge in [-0.15, -0.1) is 0 Å². The standard InChI is InChI=1S/C21H23N3O4/c1-15(20(26)23-12-9-16-7-10-22-11-8-16)28-21(27)17-4-2-5-18(14-17)24-13-3-6-19(24)25/h2,4-5,7-8,10-11,14-15H,3,6,9,12-13H2,1H3,(H,23,26)/t15-/m1/s1. The van der Waals surface area contributed by atoms with Crippen LogP contribution in [0.25, 0.3) is 0 Å². The summed E-state index contributed by atoms with van der Waals surface area (Å²) in [7, 11) is 0. The topological polar surface area (TPSA) is 88.6 Å². The summed E-state index contributed by atoms with van der Waals surface area (Å²) in [6.07, 6.45) is 4.48. The molecule has 0 bridgehead atoms. The molecule has 7 nitrogen and oxygen atoms in total. The number of amides is 2. The number of pyridine rings is 1. The van der Waals surface area contributed by atoms with Gasteiger partial charge in [-0.3, -0.25) is 14.6 Å². The fourth-order valence-corrected chi connectivity index (χ4v) is 3.03. The zero-order chi connectivity index (χ0) is 19.9. The molecule has 2 heterocycles. The van der Waals surface area contributed by atoms with Crippen LogP contribution in [0.2, 0.25) is 0 Å². The van der Waals surface area contributed by atoms with E-state index in [9.17, 15) is 14.4 Å². The molecule has 2 amide bonds. The van der Waals surface area contributed by atoms with Crippen molar-refractivity contribution in [3.63, 3.8) is 0 Å².